The highest BCUT2D eigenvalue weighted by Gasteiger charge is 2.25. The van der Waals surface area contributed by atoms with Crippen LogP contribution in [0.1, 0.15) is 37.6 Å². The van der Waals surface area contributed by atoms with Crippen molar-refractivity contribution in [2.45, 2.75) is 45.9 Å². The lowest BCUT2D eigenvalue weighted by Gasteiger charge is -2.26. The highest BCUT2D eigenvalue weighted by molar-refractivity contribution is 7.19. The Kier molecular flexibility index (Phi) is 8.23. The number of carbonyl (C=O) groups is 1. The Bertz CT molecular complexity index is 1540. The molecule has 4 heterocycles. The number of hydrogen-bond acceptors (Lipinski definition) is 7. The van der Waals surface area contributed by atoms with Crippen molar-refractivity contribution in [2.75, 3.05) is 26.2 Å². The van der Waals surface area contributed by atoms with Crippen LogP contribution < -0.4 is 10.3 Å². The fraction of sp³-hybridized carbons (Fsp3) is 0.387. The van der Waals surface area contributed by atoms with Crippen molar-refractivity contribution in [3.63, 3.8) is 0 Å². The Balaban J connectivity index is 1.34. The van der Waals surface area contributed by atoms with Crippen molar-refractivity contribution in [1.29, 1.82) is 0 Å². The maximum atomic E-state index is 13.1. The Morgan fingerprint density at radius 2 is 1.85 bits per heavy atom. The molecule has 0 unspecified atom stereocenters. The second kappa shape index (κ2) is 11.8. The van der Waals surface area contributed by atoms with E-state index in [0.717, 1.165) is 52.3 Å². The zero-order valence-electron chi connectivity index (χ0n) is 23.6. The van der Waals surface area contributed by atoms with Crippen molar-refractivity contribution >= 4 is 27.5 Å². The van der Waals surface area contributed by atoms with Gasteiger partial charge in [-0.2, -0.15) is 0 Å². The Morgan fingerprint density at radius 3 is 2.62 bits per heavy atom. The van der Waals surface area contributed by atoms with Crippen LogP contribution in [0.5, 0.6) is 5.88 Å². The molecular weight excluding hydrogens is 524 g/mol. The molecule has 0 atom stereocenters. The minimum atomic E-state index is -0.506. The van der Waals surface area contributed by atoms with Gasteiger partial charge in [-0.1, -0.05) is 30.3 Å². The normalized spacial score (nSPS) is 14.8. The van der Waals surface area contributed by atoms with Gasteiger partial charge in [-0.3, -0.25) is 9.69 Å². The number of aromatic nitrogens is 2. The van der Waals surface area contributed by atoms with E-state index in [2.05, 4.69) is 9.88 Å². The van der Waals surface area contributed by atoms with Crippen LogP contribution in [-0.2, 0) is 24.9 Å². The third kappa shape index (κ3) is 6.71. The van der Waals surface area contributed by atoms with E-state index >= 15 is 0 Å². The molecule has 1 fully saturated rings. The third-order valence-electron chi connectivity index (χ3n) is 6.80. The van der Waals surface area contributed by atoms with Crippen molar-refractivity contribution in [3.8, 4) is 17.0 Å². The molecule has 40 heavy (non-hydrogen) atoms. The number of thiophene rings is 1. The molecule has 0 saturated carbocycles. The fourth-order valence-corrected chi connectivity index (χ4v) is 6.05. The summed E-state index contributed by atoms with van der Waals surface area (Å²) in [6.07, 6.45) is 4.26. The SMILES string of the molecule is Cn1cc(-c2ccnc(OCc3ccccc3)c2)c2sc(CN3CCCN(C(=O)OC(C)(C)C)CC3)cc2c1=O. The van der Waals surface area contributed by atoms with Gasteiger partial charge in [-0.25, -0.2) is 9.78 Å². The molecule has 1 aliphatic heterocycles. The van der Waals surface area contributed by atoms with E-state index in [1.54, 1.807) is 34.0 Å². The molecule has 8 nitrogen and oxygen atoms in total. The standard InChI is InChI=1S/C31H36N4O4S/c1-31(2,3)39-30(37)35-14-8-13-34(15-16-35)19-24-18-25-28(40-24)26(20-33(4)29(25)36)23-11-12-32-27(17-23)38-21-22-9-6-5-7-10-22/h5-7,9-12,17-18,20H,8,13-16,19,21H2,1-4H3. The first-order valence-electron chi connectivity index (χ1n) is 13.6. The Labute approximate surface area is 238 Å². The van der Waals surface area contributed by atoms with Gasteiger partial charge in [0, 0.05) is 73.4 Å². The molecular formula is C31H36N4O4S. The fourth-order valence-electron chi connectivity index (χ4n) is 4.83. The van der Waals surface area contributed by atoms with Gasteiger partial charge < -0.3 is 18.9 Å². The number of carbonyl (C=O) groups excluding carboxylic acids is 1. The monoisotopic (exact) mass is 560 g/mol. The average molecular weight is 561 g/mol. The number of aryl methyl sites for hydroxylation is 1. The van der Waals surface area contributed by atoms with E-state index in [1.165, 1.54) is 0 Å². The summed E-state index contributed by atoms with van der Waals surface area (Å²) in [7, 11) is 1.79. The molecule has 1 saturated heterocycles. The van der Waals surface area contributed by atoms with Crippen LogP contribution >= 0.6 is 11.3 Å². The van der Waals surface area contributed by atoms with Crippen LogP contribution in [-0.4, -0.2) is 57.2 Å². The molecule has 210 valence electrons. The van der Waals surface area contributed by atoms with E-state index in [9.17, 15) is 9.59 Å². The van der Waals surface area contributed by atoms with Gasteiger partial charge in [0.1, 0.15) is 12.2 Å². The second-order valence-electron chi connectivity index (χ2n) is 11.2. The molecule has 0 bridgehead atoms. The van der Waals surface area contributed by atoms with E-state index < -0.39 is 5.60 Å². The lowest BCUT2D eigenvalue weighted by Crippen LogP contribution is -2.39. The lowest BCUT2D eigenvalue weighted by molar-refractivity contribution is 0.0257. The van der Waals surface area contributed by atoms with Crippen LogP contribution in [0.4, 0.5) is 4.79 Å². The minimum Gasteiger partial charge on any atom is -0.473 e. The molecule has 0 spiro atoms. The van der Waals surface area contributed by atoms with Crippen LogP contribution in [0, 0.1) is 0 Å². The molecule has 0 N–H and O–H groups in total. The molecule has 9 heteroatoms. The molecule has 0 aliphatic carbocycles. The summed E-state index contributed by atoms with van der Waals surface area (Å²) in [4.78, 5) is 35.3. The van der Waals surface area contributed by atoms with E-state index in [1.807, 2.05) is 75.5 Å². The largest absolute Gasteiger partial charge is 0.473 e. The van der Waals surface area contributed by atoms with Crippen molar-refractivity contribution < 1.29 is 14.3 Å². The first kappa shape index (κ1) is 27.9. The average Bonchev–Trinajstić information content (AvgIpc) is 3.20. The minimum absolute atomic E-state index is 0.0113. The van der Waals surface area contributed by atoms with Gasteiger partial charge in [-0.15, -0.1) is 11.3 Å². The van der Waals surface area contributed by atoms with Gasteiger partial charge in [0.05, 0.1) is 5.39 Å². The zero-order chi connectivity index (χ0) is 28.3. The number of rotatable bonds is 6. The maximum absolute atomic E-state index is 13.1. The Morgan fingerprint density at radius 1 is 1.05 bits per heavy atom. The third-order valence-corrected chi connectivity index (χ3v) is 7.95. The summed E-state index contributed by atoms with van der Waals surface area (Å²) in [5.41, 5.74) is 2.49. The van der Waals surface area contributed by atoms with Gasteiger partial charge >= 0.3 is 6.09 Å². The van der Waals surface area contributed by atoms with Crippen molar-refractivity contribution in [1.82, 2.24) is 19.4 Å². The number of nitrogens with zero attached hydrogens (tertiary/aromatic N) is 4. The number of fused-ring (bicyclic) bond motifs is 1. The Hall–Kier alpha value is -3.69. The van der Waals surface area contributed by atoms with E-state index in [0.29, 0.717) is 31.0 Å². The summed E-state index contributed by atoms with van der Waals surface area (Å²) in [6, 6.07) is 15.9. The smallest absolute Gasteiger partial charge is 0.410 e. The predicted octanol–water partition coefficient (Wildman–Crippen LogP) is 5.68. The number of benzene rings is 1. The van der Waals surface area contributed by atoms with Crippen molar-refractivity contribution in [2.24, 2.45) is 7.05 Å². The summed E-state index contributed by atoms with van der Waals surface area (Å²) >= 11 is 1.65. The van der Waals surface area contributed by atoms with Gasteiger partial charge in [0.2, 0.25) is 5.88 Å². The first-order chi connectivity index (χ1) is 19.2. The summed E-state index contributed by atoms with van der Waals surface area (Å²) in [5.74, 6) is 0.541. The van der Waals surface area contributed by atoms with Gasteiger partial charge in [0.25, 0.3) is 5.56 Å². The second-order valence-corrected chi connectivity index (χ2v) is 12.3. The van der Waals surface area contributed by atoms with Crippen LogP contribution in [0.3, 0.4) is 0 Å². The van der Waals surface area contributed by atoms with E-state index in [-0.39, 0.29) is 11.7 Å². The highest BCUT2D eigenvalue weighted by Crippen LogP contribution is 2.34. The molecule has 3 aromatic heterocycles. The molecule has 1 amide bonds. The van der Waals surface area contributed by atoms with E-state index in [4.69, 9.17) is 9.47 Å². The van der Waals surface area contributed by atoms with Crippen LogP contribution in [0.2, 0.25) is 0 Å². The number of pyridine rings is 2. The van der Waals surface area contributed by atoms with Crippen LogP contribution in [0.25, 0.3) is 21.2 Å². The summed E-state index contributed by atoms with van der Waals surface area (Å²) in [5, 5.41) is 0.716. The van der Waals surface area contributed by atoms with Gasteiger partial charge in [0.15, 0.2) is 0 Å². The number of amides is 1. The molecule has 5 rings (SSSR count). The van der Waals surface area contributed by atoms with Crippen LogP contribution in [0.15, 0.2) is 65.7 Å². The lowest BCUT2D eigenvalue weighted by atomic mass is 10.1. The summed E-state index contributed by atoms with van der Waals surface area (Å²) < 4.78 is 14.1. The molecule has 0 radical (unpaired) electrons. The summed E-state index contributed by atoms with van der Waals surface area (Å²) in [6.45, 7) is 9.76. The number of ether oxygens (including phenoxy) is 2. The molecule has 1 aliphatic rings. The van der Waals surface area contributed by atoms with Gasteiger partial charge in [-0.05, 0) is 50.5 Å². The quantitative estimate of drug-likeness (QED) is 0.302. The van der Waals surface area contributed by atoms with Crippen molar-refractivity contribution in [3.05, 3.63) is 81.7 Å². The number of hydrogen-bond donors (Lipinski definition) is 0. The topological polar surface area (TPSA) is 76.9 Å². The molecule has 4 aromatic rings. The zero-order valence-corrected chi connectivity index (χ0v) is 24.4. The first-order valence-corrected chi connectivity index (χ1v) is 14.4. The molecule has 1 aromatic carbocycles. The predicted molar refractivity (Wildman–Crippen MR) is 159 cm³/mol. The highest BCUT2D eigenvalue weighted by atomic mass is 32.1. The maximum Gasteiger partial charge on any atom is 0.410 e.